The number of aliphatic hydroxyl groups is 1. The topological polar surface area (TPSA) is 79.7 Å². The van der Waals surface area contributed by atoms with Crippen molar-refractivity contribution in [1.29, 1.82) is 0 Å². The van der Waals surface area contributed by atoms with Crippen LogP contribution in [0.15, 0.2) is 78.6 Å². The van der Waals surface area contributed by atoms with Gasteiger partial charge in [0.2, 0.25) is 0 Å². The molecule has 156 valence electrons. The Kier molecular flexibility index (Phi) is 5.73. The van der Waals surface area contributed by atoms with Gasteiger partial charge in [-0.3, -0.25) is 14.6 Å². The monoisotopic (exact) mass is 434 g/mol. The summed E-state index contributed by atoms with van der Waals surface area (Å²) < 4.78 is 5.27. The van der Waals surface area contributed by atoms with Gasteiger partial charge in [-0.2, -0.15) is 0 Å². The largest absolute Gasteiger partial charge is 0.507 e. The van der Waals surface area contributed by atoms with Crippen molar-refractivity contribution in [2.75, 3.05) is 7.11 Å². The number of likely N-dealkylation sites (tertiary alicyclic amines) is 1. The third-order valence-electron chi connectivity index (χ3n) is 5.14. The van der Waals surface area contributed by atoms with Gasteiger partial charge in [0.15, 0.2) is 0 Å². The molecule has 4 rings (SSSR count). The molecular formula is C24H19ClN2O4. The van der Waals surface area contributed by atoms with Crippen LogP contribution in [0.3, 0.4) is 0 Å². The summed E-state index contributed by atoms with van der Waals surface area (Å²) in [5.41, 5.74) is 1.84. The minimum Gasteiger partial charge on any atom is -0.507 e. The Bertz CT molecular complexity index is 1160. The summed E-state index contributed by atoms with van der Waals surface area (Å²) in [5, 5.41) is 11.5. The lowest BCUT2D eigenvalue weighted by molar-refractivity contribution is -0.140. The molecule has 31 heavy (non-hydrogen) atoms. The number of nitrogens with zero attached hydrogens (tertiary/aromatic N) is 2. The van der Waals surface area contributed by atoms with Gasteiger partial charge in [0.05, 0.1) is 18.7 Å². The van der Waals surface area contributed by atoms with E-state index in [4.69, 9.17) is 16.3 Å². The molecule has 1 unspecified atom stereocenters. The van der Waals surface area contributed by atoms with Crippen molar-refractivity contribution in [3.05, 3.63) is 100 Å². The number of rotatable bonds is 5. The summed E-state index contributed by atoms with van der Waals surface area (Å²) in [4.78, 5) is 31.6. The molecule has 1 fully saturated rings. The van der Waals surface area contributed by atoms with Gasteiger partial charge >= 0.3 is 0 Å². The number of halogens is 1. The zero-order valence-electron chi connectivity index (χ0n) is 16.7. The fourth-order valence-electron chi connectivity index (χ4n) is 3.66. The average Bonchev–Trinajstić information content (AvgIpc) is 3.04. The van der Waals surface area contributed by atoms with Crippen LogP contribution in [0.25, 0.3) is 5.76 Å². The number of pyridine rings is 1. The number of ether oxygens (including phenoxy) is 1. The van der Waals surface area contributed by atoms with Crippen molar-refractivity contribution >= 4 is 29.1 Å². The Balaban J connectivity index is 1.83. The molecule has 0 aliphatic carbocycles. The molecule has 1 amide bonds. The van der Waals surface area contributed by atoms with Crippen LogP contribution in [-0.2, 0) is 16.1 Å². The lowest BCUT2D eigenvalue weighted by atomic mass is 9.96. The molecule has 2 heterocycles. The SMILES string of the molecule is COc1cccc(CN2C(=O)C(=O)/C(=C(\O)c3ccc(Cl)cc3)C2c2cccnc2)c1. The van der Waals surface area contributed by atoms with Crippen LogP contribution in [0.2, 0.25) is 5.02 Å². The first-order valence-corrected chi connectivity index (χ1v) is 9.94. The quantitative estimate of drug-likeness (QED) is 0.366. The lowest BCUT2D eigenvalue weighted by Gasteiger charge is -2.25. The summed E-state index contributed by atoms with van der Waals surface area (Å²) in [6, 6.07) is 16.4. The maximum atomic E-state index is 13.0. The first-order chi connectivity index (χ1) is 15.0. The number of ketones is 1. The summed E-state index contributed by atoms with van der Waals surface area (Å²) in [5.74, 6) is -1.04. The van der Waals surface area contributed by atoms with Crippen LogP contribution >= 0.6 is 11.6 Å². The maximum absolute atomic E-state index is 13.0. The maximum Gasteiger partial charge on any atom is 0.295 e. The fraction of sp³-hybridized carbons (Fsp3) is 0.125. The Morgan fingerprint density at radius 1 is 1.13 bits per heavy atom. The summed E-state index contributed by atoms with van der Waals surface area (Å²) in [6.07, 6.45) is 3.20. The van der Waals surface area contributed by atoms with Gasteiger partial charge in [-0.15, -0.1) is 0 Å². The van der Waals surface area contributed by atoms with E-state index in [0.29, 0.717) is 21.9 Å². The van der Waals surface area contributed by atoms with Gasteiger partial charge in [-0.05, 0) is 53.6 Å². The molecule has 0 spiro atoms. The molecule has 0 radical (unpaired) electrons. The van der Waals surface area contributed by atoms with Crippen molar-refractivity contribution in [1.82, 2.24) is 9.88 Å². The number of hydrogen-bond acceptors (Lipinski definition) is 5. The van der Waals surface area contributed by atoms with Crippen LogP contribution in [-0.4, -0.2) is 33.8 Å². The summed E-state index contributed by atoms with van der Waals surface area (Å²) >= 11 is 5.95. The highest BCUT2D eigenvalue weighted by Crippen LogP contribution is 2.40. The van der Waals surface area contributed by atoms with E-state index in [1.54, 1.807) is 68.0 Å². The summed E-state index contributed by atoms with van der Waals surface area (Å²) in [6.45, 7) is 0.165. The number of benzene rings is 2. The van der Waals surface area contributed by atoms with Crippen molar-refractivity contribution in [2.24, 2.45) is 0 Å². The molecule has 0 saturated carbocycles. The predicted octanol–water partition coefficient (Wildman–Crippen LogP) is 4.37. The molecule has 1 aromatic heterocycles. The number of carbonyl (C=O) groups is 2. The molecular weight excluding hydrogens is 416 g/mol. The van der Waals surface area contributed by atoms with E-state index in [-0.39, 0.29) is 17.9 Å². The van der Waals surface area contributed by atoms with Crippen LogP contribution in [0.1, 0.15) is 22.7 Å². The fourth-order valence-corrected chi connectivity index (χ4v) is 3.78. The van der Waals surface area contributed by atoms with Gasteiger partial charge in [-0.1, -0.05) is 29.8 Å². The predicted molar refractivity (Wildman–Crippen MR) is 117 cm³/mol. The lowest BCUT2D eigenvalue weighted by Crippen LogP contribution is -2.29. The number of aliphatic hydroxyl groups excluding tert-OH is 1. The zero-order valence-corrected chi connectivity index (χ0v) is 17.4. The van der Waals surface area contributed by atoms with E-state index in [1.165, 1.54) is 4.90 Å². The number of carbonyl (C=O) groups excluding carboxylic acids is 2. The van der Waals surface area contributed by atoms with Crippen molar-refractivity contribution in [3.8, 4) is 5.75 Å². The molecule has 0 bridgehead atoms. The van der Waals surface area contributed by atoms with Crippen LogP contribution in [0.4, 0.5) is 0 Å². The second-order valence-corrected chi connectivity index (χ2v) is 7.51. The first kappa shape index (κ1) is 20.6. The van der Waals surface area contributed by atoms with Crippen molar-refractivity contribution < 1.29 is 19.4 Å². The minimum atomic E-state index is -0.782. The smallest absolute Gasteiger partial charge is 0.295 e. The van der Waals surface area contributed by atoms with Gasteiger partial charge < -0.3 is 14.7 Å². The Morgan fingerprint density at radius 3 is 2.58 bits per heavy atom. The molecule has 1 saturated heterocycles. The van der Waals surface area contributed by atoms with E-state index in [9.17, 15) is 14.7 Å². The van der Waals surface area contributed by atoms with E-state index >= 15 is 0 Å². The Hall–Kier alpha value is -3.64. The molecule has 1 N–H and O–H groups in total. The van der Waals surface area contributed by atoms with Gasteiger partial charge in [0.25, 0.3) is 11.7 Å². The van der Waals surface area contributed by atoms with Gasteiger partial charge in [-0.25, -0.2) is 0 Å². The number of amides is 1. The first-order valence-electron chi connectivity index (χ1n) is 9.57. The number of Topliss-reactive ketones (excluding diaryl/α,β-unsaturated/α-hetero) is 1. The van der Waals surface area contributed by atoms with Crippen LogP contribution in [0.5, 0.6) is 5.75 Å². The molecule has 1 aliphatic rings. The minimum absolute atomic E-state index is 0.0169. The van der Waals surface area contributed by atoms with E-state index in [1.807, 2.05) is 12.1 Å². The highest BCUT2D eigenvalue weighted by atomic mass is 35.5. The molecule has 7 heteroatoms. The molecule has 6 nitrogen and oxygen atoms in total. The second kappa shape index (κ2) is 8.62. The Morgan fingerprint density at radius 2 is 1.90 bits per heavy atom. The van der Waals surface area contributed by atoms with Crippen molar-refractivity contribution in [2.45, 2.75) is 12.6 Å². The highest BCUT2D eigenvalue weighted by molar-refractivity contribution is 6.46. The number of methoxy groups -OCH3 is 1. The average molecular weight is 435 g/mol. The molecule has 1 aliphatic heterocycles. The molecule has 1 atom stereocenters. The molecule has 3 aromatic rings. The number of hydrogen-bond donors (Lipinski definition) is 1. The van der Waals surface area contributed by atoms with Crippen molar-refractivity contribution in [3.63, 3.8) is 0 Å². The van der Waals surface area contributed by atoms with E-state index < -0.39 is 17.7 Å². The van der Waals surface area contributed by atoms with E-state index in [2.05, 4.69) is 4.98 Å². The second-order valence-electron chi connectivity index (χ2n) is 7.07. The van der Waals surface area contributed by atoms with Crippen LogP contribution < -0.4 is 4.74 Å². The Labute approximate surface area is 184 Å². The third kappa shape index (κ3) is 4.02. The third-order valence-corrected chi connectivity index (χ3v) is 5.40. The summed E-state index contributed by atoms with van der Waals surface area (Å²) in [7, 11) is 1.56. The van der Waals surface area contributed by atoms with Crippen LogP contribution in [0, 0.1) is 0 Å². The standard InChI is InChI=1S/C24H19ClN2O4/c1-31-19-6-2-4-15(12-19)14-27-21(17-5-3-11-26-13-17)20(23(29)24(27)30)22(28)16-7-9-18(25)10-8-16/h2-13,21,28H,14H2,1H3/b22-20-. The molecule has 2 aromatic carbocycles. The van der Waals surface area contributed by atoms with Gasteiger partial charge in [0.1, 0.15) is 11.5 Å². The zero-order chi connectivity index (χ0) is 22.0. The highest BCUT2D eigenvalue weighted by Gasteiger charge is 2.46. The van der Waals surface area contributed by atoms with Gasteiger partial charge in [0, 0.05) is 29.5 Å². The normalized spacial score (nSPS) is 17.7. The number of aromatic nitrogens is 1. The van der Waals surface area contributed by atoms with E-state index in [0.717, 1.165) is 5.56 Å².